The van der Waals surface area contributed by atoms with Crippen LogP contribution in [0.1, 0.15) is 24.8 Å². The monoisotopic (exact) mass is 345 g/mol. The number of likely N-dealkylation sites (tertiary alicyclic amines) is 1. The molecule has 1 saturated heterocycles. The van der Waals surface area contributed by atoms with E-state index in [0.29, 0.717) is 6.61 Å². The zero-order chi connectivity index (χ0) is 17.6. The fraction of sp³-hybridized carbons (Fsp3) is 0.526. The lowest BCUT2D eigenvalue weighted by atomic mass is 9.91. The Morgan fingerprint density at radius 2 is 1.88 bits per heavy atom. The van der Waals surface area contributed by atoms with E-state index in [1.54, 1.807) is 13.3 Å². The third kappa shape index (κ3) is 4.52. The van der Waals surface area contributed by atoms with Crippen LogP contribution in [0.2, 0.25) is 0 Å². The van der Waals surface area contributed by atoms with Crippen LogP contribution in [0.15, 0.2) is 36.7 Å². The van der Waals surface area contributed by atoms with Crippen molar-refractivity contribution in [3.8, 4) is 11.5 Å². The van der Waals surface area contributed by atoms with E-state index in [0.717, 1.165) is 49.8 Å². The Bertz CT molecular complexity index is 648. The summed E-state index contributed by atoms with van der Waals surface area (Å²) in [5, 5.41) is 10.5. The van der Waals surface area contributed by atoms with Gasteiger partial charge in [0.05, 0.1) is 7.11 Å². The first kappa shape index (κ1) is 17.8. The first-order valence-electron chi connectivity index (χ1n) is 8.82. The van der Waals surface area contributed by atoms with Gasteiger partial charge in [0.1, 0.15) is 30.0 Å². The van der Waals surface area contributed by atoms with E-state index in [1.807, 2.05) is 42.1 Å². The minimum atomic E-state index is -0.474. The third-order valence-electron chi connectivity index (χ3n) is 4.94. The smallest absolute Gasteiger partial charge is 0.137 e. The molecule has 2 aromatic rings. The first-order valence-corrected chi connectivity index (χ1v) is 8.82. The maximum absolute atomic E-state index is 10.5. The van der Waals surface area contributed by atoms with Crippen LogP contribution in [0.5, 0.6) is 11.5 Å². The molecule has 1 atom stereocenters. The van der Waals surface area contributed by atoms with Gasteiger partial charge in [-0.25, -0.2) is 4.98 Å². The molecule has 25 heavy (non-hydrogen) atoms. The van der Waals surface area contributed by atoms with Gasteiger partial charge in [-0.1, -0.05) is 0 Å². The SMILES string of the molecule is COc1ccc(OCCN2CCC(C(O)c3nccn3C)CC2)cc1. The summed E-state index contributed by atoms with van der Waals surface area (Å²) >= 11 is 0. The van der Waals surface area contributed by atoms with E-state index >= 15 is 0 Å². The van der Waals surface area contributed by atoms with Crippen LogP contribution in [0.3, 0.4) is 0 Å². The van der Waals surface area contributed by atoms with Crippen LogP contribution in [0.25, 0.3) is 0 Å². The van der Waals surface area contributed by atoms with Crippen molar-refractivity contribution in [2.24, 2.45) is 13.0 Å². The van der Waals surface area contributed by atoms with E-state index in [-0.39, 0.29) is 5.92 Å². The largest absolute Gasteiger partial charge is 0.497 e. The van der Waals surface area contributed by atoms with Gasteiger partial charge >= 0.3 is 0 Å². The van der Waals surface area contributed by atoms with Crippen molar-refractivity contribution in [2.75, 3.05) is 33.4 Å². The van der Waals surface area contributed by atoms with Gasteiger partial charge in [-0.3, -0.25) is 4.90 Å². The molecule has 0 amide bonds. The second-order valence-electron chi connectivity index (χ2n) is 6.54. The van der Waals surface area contributed by atoms with Crippen LogP contribution in [0.4, 0.5) is 0 Å². The molecule has 1 fully saturated rings. The van der Waals surface area contributed by atoms with Crippen LogP contribution >= 0.6 is 0 Å². The highest BCUT2D eigenvalue weighted by Crippen LogP contribution is 2.29. The third-order valence-corrected chi connectivity index (χ3v) is 4.94. The standard InChI is InChI=1S/C19H27N3O3/c1-21-12-9-20-19(21)18(23)15-7-10-22(11-8-15)13-14-25-17-5-3-16(24-2)4-6-17/h3-6,9,12,15,18,23H,7-8,10-11,13-14H2,1-2H3. The van der Waals surface area contributed by atoms with Gasteiger partial charge in [-0.2, -0.15) is 0 Å². The number of nitrogens with zero attached hydrogens (tertiary/aromatic N) is 3. The number of hydrogen-bond acceptors (Lipinski definition) is 5. The molecule has 2 heterocycles. The Morgan fingerprint density at radius 3 is 2.48 bits per heavy atom. The van der Waals surface area contributed by atoms with Crippen molar-refractivity contribution in [1.82, 2.24) is 14.5 Å². The van der Waals surface area contributed by atoms with Crippen LogP contribution in [0, 0.1) is 5.92 Å². The molecule has 1 aliphatic heterocycles. The summed E-state index contributed by atoms with van der Waals surface area (Å²) in [5.74, 6) is 2.74. The maximum atomic E-state index is 10.5. The van der Waals surface area contributed by atoms with Crippen LogP contribution < -0.4 is 9.47 Å². The molecule has 0 radical (unpaired) electrons. The van der Waals surface area contributed by atoms with Crippen molar-refractivity contribution < 1.29 is 14.6 Å². The molecule has 0 saturated carbocycles. The van der Waals surface area contributed by atoms with Gasteiger partial charge in [0.2, 0.25) is 0 Å². The van der Waals surface area contributed by atoms with Crippen molar-refractivity contribution in [3.63, 3.8) is 0 Å². The molecule has 1 aromatic heterocycles. The fourth-order valence-electron chi connectivity index (χ4n) is 3.33. The molecule has 1 aromatic carbocycles. The zero-order valence-corrected chi connectivity index (χ0v) is 15.0. The number of piperidine rings is 1. The summed E-state index contributed by atoms with van der Waals surface area (Å²) in [6.07, 6.45) is 5.11. The van der Waals surface area contributed by atoms with E-state index in [1.165, 1.54) is 0 Å². The number of hydrogen-bond donors (Lipinski definition) is 1. The highest BCUT2D eigenvalue weighted by Gasteiger charge is 2.28. The number of benzene rings is 1. The van der Waals surface area contributed by atoms with Crippen molar-refractivity contribution >= 4 is 0 Å². The van der Waals surface area contributed by atoms with Gasteiger partial charge in [0.25, 0.3) is 0 Å². The quantitative estimate of drug-likeness (QED) is 0.834. The molecule has 136 valence electrons. The lowest BCUT2D eigenvalue weighted by Gasteiger charge is -2.33. The molecule has 0 aliphatic carbocycles. The fourth-order valence-corrected chi connectivity index (χ4v) is 3.33. The second-order valence-corrected chi connectivity index (χ2v) is 6.54. The Hall–Kier alpha value is -2.05. The minimum Gasteiger partial charge on any atom is -0.497 e. The van der Waals surface area contributed by atoms with Gasteiger partial charge in [0.15, 0.2) is 0 Å². The van der Waals surface area contributed by atoms with E-state index < -0.39 is 6.10 Å². The summed E-state index contributed by atoms with van der Waals surface area (Å²) in [6.45, 7) is 3.53. The summed E-state index contributed by atoms with van der Waals surface area (Å²) in [5.41, 5.74) is 0. The molecule has 0 bridgehead atoms. The number of rotatable bonds is 7. The molecule has 6 nitrogen and oxygen atoms in total. The maximum Gasteiger partial charge on any atom is 0.137 e. The number of imidazole rings is 1. The van der Waals surface area contributed by atoms with E-state index in [9.17, 15) is 5.11 Å². The molecule has 1 N–H and O–H groups in total. The summed E-state index contributed by atoms with van der Waals surface area (Å²) in [4.78, 5) is 6.67. The predicted molar refractivity (Wildman–Crippen MR) is 95.8 cm³/mol. The molecular weight excluding hydrogens is 318 g/mol. The van der Waals surface area contributed by atoms with Crippen molar-refractivity contribution in [3.05, 3.63) is 42.5 Å². The highest BCUT2D eigenvalue weighted by molar-refractivity contribution is 5.31. The van der Waals surface area contributed by atoms with Gasteiger partial charge in [-0.05, 0) is 56.1 Å². The first-order chi connectivity index (χ1) is 12.2. The molecule has 0 spiro atoms. The number of aromatic nitrogens is 2. The number of ether oxygens (including phenoxy) is 2. The Morgan fingerprint density at radius 1 is 1.20 bits per heavy atom. The van der Waals surface area contributed by atoms with E-state index in [2.05, 4.69) is 9.88 Å². The number of aryl methyl sites for hydroxylation is 1. The molecule has 6 heteroatoms. The topological polar surface area (TPSA) is 59.8 Å². The zero-order valence-electron chi connectivity index (χ0n) is 15.0. The average molecular weight is 345 g/mol. The Labute approximate surface area is 149 Å². The Balaban J connectivity index is 1.39. The van der Waals surface area contributed by atoms with Gasteiger partial charge < -0.3 is 19.1 Å². The summed E-state index contributed by atoms with van der Waals surface area (Å²) in [6, 6.07) is 7.65. The van der Waals surface area contributed by atoms with Gasteiger partial charge in [0, 0.05) is 26.0 Å². The number of aliphatic hydroxyl groups is 1. The minimum absolute atomic E-state index is 0.278. The summed E-state index contributed by atoms with van der Waals surface area (Å²) in [7, 11) is 3.58. The second kappa shape index (κ2) is 8.36. The molecule has 3 rings (SSSR count). The number of methoxy groups -OCH3 is 1. The van der Waals surface area contributed by atoms with Crippen molar-refractivity contribution in [2.45, 2.75) is 18.9 Å². The van der Waals surface area contributed by atoms with Crippen molar-refractivity contribution in [1.29, 1.82) is 0 Å². The Kier molecular flexibility index (Phi) is 5.94. The molecular formula is C19H27N3O3. The normalized spacial score (nSPS) is 17.4. The predicted octanol–water partition coefficient (Wildman–Crippen LogP) is 2.25. The average Bonchev–Trinajstić information content (AvgIpc) is 3.08. The molecule has 1 unspecified atom stereocenters. The lowest BCUT2D eigenvalue weighted by molar-refractivity contribution is 0.0478. The highest BCUT2D eigenvalue weighted by atomic mass is 16.5. The van der Waals surface area contributed by atoms with E-state index in [4.69, 9.17) is 9.47 Å². The van der Waals surface area contributed by atoms with Crippen LogP contribution in [-0.4, -0.2) is 52.9 Å². The number of aliphatic hydroxyl groups excluding tert-OH is 1. The lowest BCUT2D eigenvalue weighted by Crippen LogP contribution is -2.38. The molecule has 1 aliphatic rings. The van der Waals surface area contributed by atoms with Gasteiger partial charge in [-0.15, -0.1) is 0 Å². The van der Waals surface area contributed by atoms with Crippen LogP contribution in [-0.2, 0) is 7.05 Å². The summed E-state index contributed by atoms with van der Waals surface area (Å²) < 4.78 is 12.8.